The molecule has 0 radical (unpaired) electrons. The Balaban J connectivity index is 1.60. The molecule has 3 unspecified atom stereocenters. The Morgan fingerprint density at radius 1 is 1.28 bits per heavy atom. The third kappa shape index (κ3) is 3.93. The van der Waals surface area contributed by atoms with Crippen molar-refractivity contribution in [2.45, 2.75) is 25.4 Å². The number of hydrogen-bond donors (Lipinski definition) is 1. The fourth-order valence-corrected chi connectivity index (χ4v) is 5.66. The number of aryl methyl sites for hydroxylation is 1. The van der Waals surface area contributed by atoms with Gasteiger partial charge in [-0.15, -0.1) is 0 Å². The first-order valence-electron chi connectivity index (χ1n) is 8.51. The van der Waals surface area contributed by atoms with Gasteiger partial charge in [0, 0.05) is 37.4 Å². The minimum atomic E-state index is -3.26. The van der Waals surface area contributed by atoms with E-state index in [0.717, 1.165) is 17.5 Å². The number of carbonyl (C=O) groups excluding carboxylic acids is 2. The first kappa shape index (κ1) is 18.1. The number of fused-ring (bicyclic) bond motifs is 1. The van der Waals surface area contributed by atoms with Crippen LogP contribution in [-0.4, -0.2) is 61.3 Å². The Morgan fingerprint density at radius 3 is 2.68 bits per heavy atom. The predicted octanol–water partition coefficient (Wildman–Crippen LogP) is 0.686. The van der Waals surface area contributed by atoms with Crippen molar-refractivity contribution in [3.8, 4) is 0 Å². The molecule has 1 aromatic carbocycles. The summed E-state index contributed by atoms with van der Waals surface area (Å²) in [5.41, 5.74) is 1.79. The van der Waals surface area contributed by atoms with Crippen molar-refractivity contribution in [2.24, 2.45) is 11.8 Å². The van der Waals surface area contributed by atoms with Gasteiger partial charge in [0.15, 0.2) is 15.6 Å². The first-order valence-corrected chi connectivity index (χ1v) is 10.3. The number of sulfone groups is 1. The molecule has 6 nitrogen and oxygen atoms in total. The number of amides is 1. The van der Waals surface area contributed by atoms with Crippen LogP contribution in [0.25, 0.3) is 0 Å². The van der Waals surface area contributed by atoms with E-state index in [-0.39, 0.29) is 35.5 Å². The van der Waals surface area contributed by atoms with E-state index in [9.17, 15) is 23.1 Å². The van der Waals surface area contributed by atoms with Crippen LogP contribution in [0.15, 0.2) is 24.3 Å². The maximum absolute atomic E-state index is 12.6. The number of aliphatic hydroxyl groups is 1. The van der Waals surface area contributed by atoms with E-state index in [1.807, 2.05) is 24.3 Å². The molecule has 3 rings (SSSR count). The van der Waals surface area contributed by atoms with Crippen molar-refractivity contribution in [1.29, 1.82) is 0 Å². The quantitative estimate of drug-likeness (QED) is 0.847. The third-order valence-electron chi connectivity index (χ3n) is 5.21. The zero-order valence-corrected chi connectivity index (χ0v) is 15.0. The van der Waals surface area contributed by atoms with Crippen LogP contribution in [0.3, 0.4) is 0 Å². The highest BCUT2D eigenvalue weighted by Gasteiger charge is 2.38. The monoisotopic (exact) mass is 365 g/mol. The number of Topliss-reactive ketones (excluding diaryl/α,β-unsaturated/α-hetero) is 1. The molecule has 1 aliphatic carbocycles. The molecule has 1 aliphatic heterocycles. The Morgan fingerprint density at radius 2 is 2.00 bits per heavy atom. The molecule has 0 aromatic heterocycles. The number of ketones is 1. The zero-order valence-electron chi connectivity index (χ0n) is 14.2. The standard InChI is InChI=1S/C18H23NO5S/c1-19(17(21)8-14-10-25(23,24)11-16(14)20)9-13-7-6-12-4-2-3-5-15(12)18(13)22/h2-5,13-14,16,20H,6-11H2,1H3. The summed E-state index contributed by atoms with van der Waals surface area (Å²) in [7, 11) is -1.63. The van der Waals surface area contributed by atoms with Gasteiger partial charge in [0.05, 0.1) is 17.6 Å². The highest BCUT2D eigenvalue weighted by Crippen LogP contribution is 2.27. The van der Waals surface area contributed by atoms with Crippen molar-refractivity contribution in [1.82, 2.24) is 4.90 Å². The lowest BCUT2D eigenvalue weighted by Crippen LogP contribution is -2.38. The largest absolute Gasteiger partial charge is 0.392 e. The average molecular weight is 365 g/mol. The summed E-state index contributed by atoms with van der Waals surface area (Å²) in [6.07, 6.45) is 0.529. The Labute approximate surface area is 147 Å². The normalized spacial score (nSPS) is 27.8. The molecular formula is C18H23NO5S. The maximum Gasteiger partial charge on any atom is 0.222 e. The van der Waals surface area contributed by atoms with Gasteiger partial charge in [-0.3, -0.25) is 9.59 Å². The zero-order chi connectivity index (χ0) is 18.2. The molecule has 0 spiro atoms. The summed E-state index contributed by atoms with van der Waals surface area (Å²) in [6.45, 7) is 0.321. The lowest BCUT2D eigenvalue weighted by Gasteiger charge is -2.28. The lowest BCUT2D eigenvalue weighted by atomic mass is 9.82. The Hall–Kier alpha value is -1.73. The number of nitrogens with zero attached hydrogens (tertiary/aromatic N) is 1. The number of benzene rings is 1. The van der Waals surface area contributed by atoms with E-state index < -0.39 is 21.9 Å². The molecule has 1 aromatic rings. The second kappa shape index (κ2) is 6.88. The summed E-state index contributed by atoms with van der Waals surface area (Å²) in [6, 6.07) is 7.55. The van der Waals surface area contributed by atoms with Crippen LogP contribution in [0.2, 0.25) is 0 Å². The van der Waals surface area contributed by atoms with Gasteiger partial charge < -0.3 is 10.0 Å². The lowest BCUT2D eigenvalue weighted by molar-refractivity contribution is -0.131. The second-order valence-electron chi connectivity index (χ2n) is 7.14. The van der Waals surface area contributed by atoms with E-state index in [2.05, 4.69) is 0 Å². The van der Waals surface area contributed by atoms with Crippen LogP contribution in [0.1, 0.15) is 28.8 Å². The van der Waals surface area contributed by atoms with Crippen molar-refractivity contribution in [2.75, 3.05) is 25.1 Å². The number of rotatable bonds is 4. The van der Waals surface area contributed by atoms with Crippen LogP contribution in [0.4, 0.5) is 0 Å². The number of carbonyl (C=O) groups is 2. The summed E-state index contributed by atoms with van der Waals surface area (Å²) >= 11 is 0. The fourth-order valence-electron chi connectivity index (χ4n) is 3.74. The minimum absolute atomic E-state index is 0.00556. The van der Waals surface area contributed by atoms with Gasteiger partial charge >= 0.3 is 0 Å². The molecule has 1 saturated heterocycles. The molecule has 0 bridgehead atoms. The molecular weight excluding hydrogens is 342 g/mol. The molecule has 1 fully saturated rings. The summed E-state index contributed by atoms with van der Waals surface area (Å²) in [4.78, 5) is 26.5. The van der Waals surface area contributed by atoms with Gasteiger partial charge in [-0.05, 0) is 18.4 Å². The first-order chi connectivity index (χ1) is 11.8. The second-order valence-corrected chi connectivity index (χ2v) is 9.29. The Bertz CT molecular complexity index is 788. The van der Waals surface area contributed by atoms with E-state index in [1.165, 1.54) is 4.90 Å². The van der Waals surface area contributed by atoms with E-state index in [1.54, 1.807) is 7.05 Å². The molecule has 2 aliphatic rings. The van der Waals surface area contributed by atoms with Crippen molar-refractivity contribution >= 4 is 21.5 Å². The van der Waals surface area contributed by atoms with Crippen molar-refractivity contribution < 1.29 is 23.1 Å². The van der Waals surface area contributed by atoms with Crippen LogP contribution in [-0.2, 0) is 21.1 Å². The SMILES string of the molecule is CN(CC1CCc2ccccc2C1=O)C(=O)CC1CS(=O)(=O)CC1O. The van der Waals surface area contributed by atoms with Gasteiger partial charge in [-0.1, -0.05) is 24.3 Å². The Kier molecular flexibility index (Phi) is 4.97. The average Bonchev–Trinajstić information content (AvgIpc) is 2.82. The molecule has 1 amide bonds. The van der Waals surface area contributed by atoms with Crippen molar-refractivity contribution in [3.63, 3.8) is 0 Å². The molecule has 136 valence electrons. The maximum atomic E-state index is 12.6. The topological polar surface area (TPSA) is 91.8 Å². The molecule has 1 N–H and O–H groups in total. The predicted molar refractivity (Wildman–Crippen MR) is 93.0 cm³/mol. The fraction of sp³-hybridized carbons (Fsp3) is 0.556. The third-order valence-corrected chi connectivity index (χ3v) is 6.99. The summed E-state index contributed by atoms with van der Waals surface area (Å²) < 4.78 is 23.1. The highest BCUT2D eigenvalue weighted by molar-refractivity contribution is 7.91. The van der Waals surface area contributed by atoms with Crippen LogP contribution >= 0.6 is 0 Å². The van der Waals surface area contributed by atoms with Crippen LogP contribution in [0, 0.1) is 11.8 Å². The van der Waals surface area contributed by atoms with Gasteiger partial charge in [0.25, 0.3) is 0 Å². The number of aliphatic hydroxyl groups excluding tert-OH is 1. The molecule has 3 atom stereocenters. The smallest absolute Gasteiger partial charge is 0.222 e. The van der Waals surface area contributed by atoms with Crippen molar-refractivity contribution in [3.05, 3.63) is 35.4 Å². The van der Waals surface area contributed by atoms with Crippen LogP contribution < -0.4 is 0 Å². The molecule has 25 heavy (non-hydrogen) atoms. The van der Waals surface area contributed by atoms with Gasteiger partial charge in [-0.25, -0.2) is 8.42 Å². The molecule has 0 saturated carbocycles. The van der Waals surface area contributed by atoms with Crippen LogP contribution in [0.5, 0.6) is 0 Å². The number of hydrogen-bond acceptors (Lipinski definition) is 5. The highest BCUT2D eigenvalue weighted by atomic mass is 32.2. The van der Waals surface area contributed by atoms with Gasteiger partial charge in [0.2, 0.25) is 5.91 Å². The van der Waals surface area contributed by atoms with Gasteiger partial charge in [-0.2, -0.15) is 0 Å². The van der Waals surface area contributed by atoms with E-state index >= 15 is 0 Å². The van der Waals surface area contributed by atoms with Gasteiger partial charge in [0.1, 0.15) is 0 Å². The summed E-state index contributed by atoms with van der Waals surface area (Å²) in [5, 5.41) is 9.82. The minimum Gasteiger partial charge on any atom is -0.392 e. The summed E-state index contributed by atoms with van der Waals surface area (Å²) in [5.74, 6) is -1.38. The molecule has 7 heteroatoms. The van der Waals surface area contributed by atoms with E-state index in [0.29, 0.717) is 13.0 Å². The van der Waals surface area contributed by atoms with E-state index in [4.69, 9.17) is 0 Å². The molecule has 1 heterocycles.